The molecule has 118 valence electrons. The lowest BCUT2D eigenvalue weighted by molar-refractivity contribution is -0.123. The van der Waals surface area contributed by atoms with Crippen LogP contribution in [0.3, 0.4) is 0 Å². The lowest BCUT2D eigenvalue weighted by Crippen LogP contribution is -2.33. The molecule has 0 aliphatic rings. The first-order valence-electron chi connectivity index (χ1n) is 7.41. The molecule has 0 fully saturated rings. The number of ether oxygens (including phenoxy) is 1. The van der Waals surface area contributed by atoms with Crippen LogP contribution in [0.2, 0.25) is 5.02 Å². The van der Waals surface area contributed by atoms with Crippen molar-refractivity contribution in [1.82, 2.24) is 5.32 Å². The van der Waals surface area contributed by atoms with Gasteiger partial charge in [0.2, 0.25) is 0 Å². The predicted molar refractivity (Wildman–Crippen MR) is 91.0 cm³/mol. The molecule has 0 spiro atoms. The van der Waals surface area contributed by atoms with Crippen molar-refractivity contribution in [1.29, 1.82) is 0 Å². The number of halogens is 2. The Hall–Kier alpha value is -0.740. The molecule has 1 amide bonds. The molecule has 0 saturated carbocycles. The van der Waals surface area contributed by atoms with Crippen molar-refractivity contribution >= 4 is 33.4 Å². The zero-order chi connectivity index (χ0) is 15.7. The second-order valence-corrected chi connectivity index (χ2v) is 6.37. The van der Waals surface area contributed by atoms with E-state index in [1.165, 1.54) is 12.8 Å². The van der Waals surface area contributed by atoms with Crippen molar-refractivity contribution in [2.75, 3.05) is 13.2 Å². The molecule has 0 aliphatic heterocycles. The molecule has 1 aromatic rings. The molecule has 1 N–H and O–H groups in total. The summed E-state index contributed by atoms with van der Waals surface area (Å²) in [4.78, 5) is 11.8. The molecule has 0 bridgehead atoms. The van der Waals surface area contributed by atoms with Gasteiger partial charge in [-0.3, -0.25) is 4.79 Å². The van der Waals surface area contributed by atoms with E-state index < -0.39 is 0 Å². The summed E-state index contributed by atoms with van der Waals surface area (Å²) in [6.07, 6.45) is 4.65. The van der Waals surface area contributed by atoms with Crippen LogP contribution in [-0.4, -0.2) is 19.1 Å². The highest BCUT2D eigenvalue weighted by atomic mass is 79.9. The third-order valence-electron chi connectivity index (χ3n) is 3.38. The summed E-state index contributed by atoms with van der Waals surface area (Å²) in [6, 6.07) is 5.22. The molecule has 0 aromatic heterocycles. The van der Waals surface area contributed by atoms with Crippen molar-refractivity contribution < 1.29 is 9.53 Å². The van der Waals surface area contributed by atoms with E-state index in [-0.39, 0.29) is 12.5 Å². The SMILES string of the molecule is CCCC[C@H](CC)CNC(=O)COc1ccc(Cl)cc1Br. The lowest BCUT2D eigenvalue weighted by Gasteiger charge is -2.15. The van der Waals surface area contributed by atoms with E-state index in [1.54, 1.807) is 18.2 Å². The largest absolute Gasteiger partial charge is 0.483 e. The van der Waals surface area contributed by atoms with Gasteiger partial charge in [0.25, 0.3) is 5.91 Å². The van der Waals surface area contributed by atoms with E-state index in [2.05, 4.69) is 35.1 Å². The second-order valence-electron chi connectivity index (χ2n) is 5.08. The van der Waals surface area contributed by atoms with E-state index in [1.807, 2.05) is 0 Å². The van der Waals surface area contributed by atoms with Crippen LogP contribution in [0.5, 0.6) is 5.75 Å². The predicted octanol–water partition coefficient (Wildman–Crippen LogP) is 4.81. The highest BCUT2D eigenvalue weighted by molar-refractivity contribution is 9.10. The Labute approximate surface area is 140 Å². The van der Waals surface area contributed by atoms with Crippen LogP contribution in [0.25, 0.3) is 0 Å². The summed E-state index contributed by atoms with van der Waals surface area (Å²) >= 11 is 9.21. The first-order valence-corrected chi connectivity index (χ1v) is 8.58. The molecular weight excluding hydrogens is 354 g/mol. The fourth-order valence-electron chi connectivity index (χ4n) is 1.99. The number of nitrogens with one attached hydrogen (secondary N) is 1. The third kappa shape index (κ3) is 7.18. The Kier molecular flexibility index (Phi) is 8.77. The van der Waals surface area contributed by atoms with Crippen LogP contribution in [0, 0.1) is 5.92 Å². The zero-order valence-electron chi connectivity index (χ0n) is 12.6. The van der Waals surface area contributed by atoms with E-state index >= 15 is 0 Å². The summed E-state index contributed by atoms with van der Waals surface area (Å²) in [5, 5.41) is 3.56. The second kappa shape index (κ2) is 10.1. The van der Waals surface area contributed by atoms with E-state index in [0.29, 0.717) is 16.7 Å². The minimum Gasteiger partial charge on any atom is -0.483 e. The van der Waals surface area contributed by atoms with Gasteiger partial charge >= 0.3 is 0 Å². The number of hydrogen-bond donors (Lipinski definition) is 1. The van der Waals surface area contributed by atoms with Crippen molar-refractivity contribution in [2.24, 2.45) is 5.92 Å². The van der Waals surface area contributed by atoms with Crippen LogP contribution >= 0.6 is 27.5 Å². The molecule has 0 aliphatic carbocycles. The van der Waals surface area contributed by atoms with Crippen LogP contribution in [0.15, 0.2) is 22.7 Å². The Morgan fingerprint density at radius 2 is 2.19 bits per heavy atom. The maximum atomic E-state index is 11.8. The summed E-state index contributed by atoms with van der Waals surface area (Å²) < 4.78 is 6.23. The Balaban J connectivity index is 2.33. The van der Waals surface area contributed by atoms with E-state index in [0.717, 1.165) is 23.9 Å². The van der Waals surface area contributed by atoms with E-state index in [4.69, 9.17) is 16.3 Å². The number of amides is 1. The van der Waals surface area contributed by atoms with Gasteiger partial charge < -0.3 is 10.1 Å². The van der Waals surface area contributed by atoms with Gasteiger partial charge in [-0.15, -0.1) is 0 Å². The lowest BCUT2D eigenvalue weighted by atomic mass is 9.99. The fraction of sp³-hybridized carbons (Fsp3) is 0.562. The molecule has 0 saturated heterocycles. The Morgan fingerprint density at radius 1 is 1.43 bits per heavy atom. The third-order valence-corrected chi connectivity index (χ3v) is 4.24. The van der Waals surface area contributed by atoms with Crippen LogP contribution in [-0.2, 0) is 4.79 Å². The molecule has 21 heavy (non-hydrogen) atoms. The summed E-state index contributed by atoms with van der Waals surface area (Å²) in [5.41, 5.74) is 0. The molecule has 1 rings (SSSR count). The normalized spacial score (nSPS) is 12.0. The number of benzene rings is 1. The topological polar surface area (TPSA) is 38.3 Å². The molecule has 3 nitrogen and oxygen atoms in total. The van der Waals surface area contributed by atoms with E-state index in [9.17, 15) is 4.79 Å². The maximum Gasteiger partial charge on any atom is 0.257 e. The smallest absolute Gasteiger partial charge is 0.257 e. The number of hydrogen-bond acceptors (Lipinski definition) is 2. The zero-order valence-corrected chi connectivity index (χ0v) is 15.0. The van der Waals surface area contributed by atoms with Gasteiger partial charge in [-0.1, -0.05) is 44.7 Å². The number of carbonyl (C=O) groups is 1. The van der Waals surface area contributed by atoms with Crippen LogP contribution in [0.1, 0.15) is 39.5 Å². The molecule has 1 aromatic carbocycles. The van der Waals surface area contributed by atoms with Crippen molar-refractivity contribution in [2.45, 2.75) is 39.5 Å². The average Bonchev–Trinajstić information content (AvgIpc) is 2.46. The molecule has 0 heterocycles. The number of rotatable bonds is 9. The summed E-state index contributed by atoms with van der Waals surface area (Å²) in [6.45, 7) is 5.09. The van der Waals surface area contributed by atoms with Gasteiger partial charge in [-0.25, -0.2) is 0 Å². The van der Waals surface area contributed by atoms with Gasteiger partial charge in [0.15, 0.2) is 6.61 Å². The van der Waals surface area contributed by atoms with Gasteiger partial charge in [0, 0.05) is 11.6 Å². The Bertz CT molecular complexity index is 454. The highest BCUT2D eigenvalue weighted by Gasteiger charge is 2.09. The molecule has 0 unspecified atom stereocenters. The van der Waals surface area contributed by atoms with Crippen molar-refractivity contribution in [3.05, 3.63) is 27.7 Å². The molecule has 5 heteroatoms. The quantitative estimate of drug-likeness (QED) is 0.671. The van der Waals surface area contributed by atoms with Crippen molar-refractivity contribution in [3.8, 4) is 5.75 Å². The molecule has 0 radical (unpaired) electrons. The minimum absolute atomic E-state index is 0.0183. The van der Waals surface area contributed by atoms with Gasteiger partial charge in [0.05, 0.1) is 4.47 Å². The minimum atomic E-state index is -0.0909. The Morgan fingerprint density at radius 3 is 2.81 bits per heavy atom. The summed E-state index contributed by atoms with van der Waals surface area (Å²) in [5.74, 6) is 1.08. The van der Waals surface area contributed by atoms with Gasteiger partial charge in [-0.2, -0.15) is 0 Å². The maximum absolute atomic E-state index is 11.8. The first-order chi connectivity index (χ1) is 10.1. The first kappa shape index (κ1) is 18.3. The summed E-state index contributed by atoms with van der Waals surface area (Å²) in [7, 11) is 0. The molecular formula is C16H23BrClNO2. The standard InChI is InChI=1S/C16H23BrClNO2/c1-3-5-6-12(4-2)10-19-16(20)11-21-15-8-7-13(18)9-14(15)17/h7-9,12H,3-6,10-11H2,1-2H3,(H,19,20)/t12-/m0/s1. The fourth-order valence-corrected chi connectivity index (χ4v) is 2.79. The highest BCUT2D eigenvalue weighted by Crippen LogP contribution is 2.27. The van der Waals surface area contributed by atoms with Crippen molar-refractivity contribution in [3.63, 3.8) is 0 Å². The number of unbranched alkanes of at least 4 members (excludes halogenated alkanes) is 1. The van der Waals surface area contributed by atoms with Gasteiger partial charge in [0.1, 0.15) is 5.75 Å². The van der Waals surface area contributed by atoms with Crippen LogP contribution in [0.4, 0.5) is 0 Å². The monoisotopic (exact) mass is 375 g/mol. The number of carbonyl (C=O) groups excluding carboxylic acids is 1. The van der Waals surface area contributed by atoms with Gasteiger partial charge in [-0.05, 0) is 46.5 Å². The van der Waals surface area contributed by atoms with Crippen LogP contribution < -0.4 is 10.1 Å². The molecule has 1 atom stereocenters. The average molecular weight is 377 g/mol.